The molecule has 3 rings (SSSR count). The zero-order valence-electron chi connectivity index (χ0n) is 14.8. The summed E-state index contributed by atoms with van der Waals surface area (Å²) in [5.74, 6) is 0.300. The number of benzene rings is 1. The summed E-state index contributed by atoms with van der Waals surface area (Å²) in [6.45, 7) is 1.44. The van der Waals surface area contributed by atoms with Crippen molar-refractivity contribution in [3.05, 3.63) is 30.0 Å². The molecule has 0 saturated carbocycles. The van der Waals surface area contributed by atoms with Crippen molar-refractivity contribution in [2.75, 3.05) is 13.2 Å². The highest BCUT2D eigenvalue weighted by atomic mass is 16.7. The van der Waals surface area contributed by atoms with Crippen molar-refractivity contribution in [3.63, 3.8) is 0 Å². The number of aromatic amines is 1. The van der Waals surface area contributed by atoms with Crippen molar-refractivity contribution >= 4 is 16.8 Å². The molecule has 148 valence electrons. The van der Waals surface area contributed by atoms with Crippen LogP contribution < -0.4 is 10.1 Å². The van der Waals surface area contributed by atoms with Crippen LogP contribution in [0.2, 0.25) is 0 Å². The smallest absolute Gasteiger partial charge is 0.229 e. The Morgan fingerprint density at radius 3 is 2.74 bits per heavy atom. The van der Waals surface area contributed by atoms with Crippen LogP contribution >= 0.6 is 0 Å². The molecule has 5 atom stereocenters. The Hall–Kier alpha value is -2.17. The Morgan fingerprint density at radius 2 is 2.04 bits per heavy atom. The SMILES string of the molecule is CC(=O)NCCc1c[nH]c2ccc(O[C@@H]3OC(CO)[C@@H](O)[C@H](O)C3O)cc12. The maximum absolute atomic E-state index is 11.0. The molecule has 0 aliphatic carbocycles. The molecular formula is C18H24N2O7. The van der Waals surface area contributed by atoms with E-state index in [1.807, 2.05) is 6.20 Å². The molecule has 1 amide bonds. The summed E-state index contributed by atoms with van der Waals surface area (Å²) in [7, 11) is 0. The first kappa shape index (κ1) is 19.6. The highest BCUT2D eigenvalue weighted by Crippen LogP contribution is 2.28. The second-order valence-corrected chi connectivity index (χ2v) is 6.57. The minimum atomic E-state index is -1.50. The summed E-state index contributed by atoms with van der Waals surface area (Å²) < 4.78 is 11.0. The van der Waals surface area contributed by atoms with E-state index in [1.54, 1.807) is 18.2 Å². The predicted molar refractivity (Wildman–Crippen MR) is 95.1 cm³/mol. The summed E-state index contributed by atoms with van der Waals surface area (Å²) >= 11 is 0. The maximum Gasteiger partial charge on any atom is 0.229 e. The average molecular weight is 380 g/mol. The van der Waals surface area contributed by atoms with Crippen LogP contribution in [0.15, 0.2) is 24.4 Å². The lowest BCUT2D eigenvalue weighted by Gasteiger charge is -2.39. The maximum atomic E-state index is 11.0. The molecule has 1 saturated heterocycles. The van der Waals surface area contributed by atoms with Gasteiger partial charge in [-0.3, -0.25) is 4.79 Å². The molecule has 2 unspecified atom stereocenters. The quantitative estimate of drug-likeness (QED) is 0.378. The fourth-order valence-corrected chi connectivity index (χ4v) is 3.11. The number of aliphatic hydroxyl groups excluding tert-OH is 4. The van der Waals surface area contributed by atoms with Crippen molar-refractivity contribution in [1.82, 2.24) is 10.3 Å². The van der Waals surface area contributed by atoms with Crippen LogP contribution in [-0.2, 0) is 16.0 Å². The number of hydrogen-bond acceptors (Lipinski definition) is 7. The van der Waals surface area contributed by atoms with Crippen LogP contribution in [-0.4, -0.2) is 75.2 Å². The second kappa shape index (κ2) is 8.24. The summed E-state index contributed by atoms with van der Waals surface area (Å²) in [4.78, 5) is 14.2. The summed E-state index contributed by atoms with van der Waals surface area (Å²) in [5, 5.41) is 42.7. The highest BCUT2D eigenvalue weighted by molar-refractivity contribution is 5.84. The van der Waals surface area contributed by atoms with Crippen LogP contribution in [0.1, 0.15) is 12.5 Å². The van der Waals surface area contributed by atoms with Gasteiger partial charge in [0.25, 0.3) is 0 Å². The van der Waals surface area contributed by atoms with E-state index in [1.165, 1.54) is 6.92 Å². The molecular weight excluding hydrogens is 356 g/mol. The van der Waals surface area contributed by atoms with Gasteiger partial charge in [0.1, 0.15) is 30.2 Å². The molecule has 1 aromatic heterocycles. The number of aliphatic hydroxyl groups is 4. The van der Waals surface area contributed by atoms with Crippen molar-refractivity contribution in [1.29, 1.82) is 0 Å². The van der Waals surface area contributed by atoms with Gasteiger partial charge in [-0.1, -0.05) is 0 Å². The standard InChI is InChI=1S/C18H24N2O7/c1-9(22)19-5-4-10-7-20-13-3-2-11(6-12(10)13)26-18-17(25)16(24)15(23)14(8-21)27-18/h2-3,6-7,14-18,20-21,23-25H,4-5,8H2,1H3,(H,19,22)/t14?,15-,16+,17?,18-/m1/s1. The van der Waals surface area contributed by atoms with E-state index in [-0.39, 0.29) is 5.91 Å². The van der Waals surface area contributed by atoms with E-state index in [0.29, 0.717) is 18.7 Å². The summed E-state index contributed by atoms with van der Waals surface area (Å²) in [6.07, 6.45) is -4.18. The largest absolute Gasteiger partial charge is 0.462 e. The van der Waals surface area contributed by atoms with E-state index in [0.717, 1.165) is 16.5 Å². The average Bonchev–Trinajstić information content (AvgIpc) is 3.04. The van der Waals surface area contributed by atoms with Gasteiger partial charge in [-0.15, -0.1) is 0 Å². The summed E-state index contributed by atoms with van der Waals surface area (Å²) in [5.41, 5.74) is 1.87. The van der Waals surface area contributed by atoms with Crippen LogP contribution in [0, 0.1) is 0 Å². The Labute approximate surface area is 155 Å². The molecule has 2 aromatic rings. The van der Waals surface area contributed by atoms with Gasteiger partial charge in [-0.25, -0.2) is 0 Å². The van der Waals surface area contributed by atoms with E-state index in [9.17, 15) is 25.2 Å². The minimum Gasteiger partial charge on any atom is -0.462 e. The molecule has 1 aromatic carbocycles. The van der Waals surface area contributed by atoms with Crippen molar-refractivity contribution < 1.29 is 34.7 Å². The zero-order valence-corrected chi connectivity index (χ0v) is 14.8. The lowest BCUT2D eigenvalue weighted by atomic mass is 9.99. The Bertz CT molecular complexity index is 791. The molecule has 2 heterocycles. The first-order chi connectivity index (χ1) is 12.9. The van der Waals surface area contributed by atoms with Gasteiger partial charge in [0.05, 0.1) is 6.61 Å². The molecule has 1 aliphatic rings. The van der Waals surface area contributed by atoms with E-state index in [2.05, 4.69) is 10.3 Å². The molecule has 0 bridgehead atoms. The van der Waals surface area contributed by atoms with Crippen LogP contribution in [0.4, 0.5) is 0 Å². The van der Waals surface area contributed by atoms with Crippen LogP contribution in [0.25, 0.3) is 10.9 Å². The third-order valence-corrected chi connectivity index (χ3v) is 4.61. The molecule has 1 fully saturated rings. The van der Waals surface area contributed by atoms with Crippen molar-refractivity contribution in [2.45, 2.75) is 44.1 Å². The Kier molecular flexibility index (Phi) is 5.98. The first-order valence-corrected chi connectivity index (χ1v) is 8.72. The lowest BCUT2D eigenvalue weighted by molar-refractivity contribution is -0.277. The Balaban J connectivity index is 1.75. The van der Waals surface area contributed by atoms with Gasteiger partial charge in [0.2, 0.25) is 12.2 Å². The van der Waals surface area contributed by atoms with Gasteiger partial charge < -0.3 is 40.2 Å². The number of rotatable bonds is 6. The monoisotopic (exact) mass is 380 g/mol. The minimum absolute atomic E-state index is 0.0959. The molecule has 27 heavy (non-hydrogen) atoms. The molecule has 9 nitrogen and oxygen atoms in total. The van der Waals surface area contributed by atoms with Gasteiger partial charge in [-0.05, 0) is 30.2 Å². The van der Waals surface area contributed by atoms with Crippen LogP contribution in [0.3, 0.4) is 0 Å². The first-order valence-electron chi connectivity index (χ1n) is 8.72. The highest BCUT2D eigenvalue weighted by Gasteiger charge is 2.44. The predicted octanol–water partition coefficient (Wildman–Crippen LogP) is -0.975. The molecule has 0 spiro atoms. The van der Waals surface area contributed by atoms with Gasteiger partial charge in [0.15, 0.2) is 0 Å². The van der Waals surface area contributed by atoms with E-state index >= 15 is 0 Å². The Morgan fingerprint density at radius 1 is 1.26 bits per heavy atom. The second-order valence-electron chi connectivity index (χ2n) is 6.57. The normalized spacial score (nSPS) is 28.3. The number of ether oxygens (including phenoxy) is 2. The molecule has 9 heteroatoms. The van der Waals surface area contributed by atoms with E-state index < -0.39 is 37.3 Å². The number of fused-ring (bicyclic) bond motifs is 1. The number of amides is 1. The van der Waals surface area contributed by atoms with Crippen molar-refractivity contribution in [2.24, 2.45) is 0 Å². The third-order valence-electron chi connectivity index (χ3n) is 4.61. The van der Waals surface area contributed by atoms with Gasteiger partial charge in [-0.2, -0.15) is 0 Å². The zero-order chi connectivity index (χ0) is 19.6. The number of hydrogen-bond donors (Lipinski definition) is 6. The number of carbonyl (C=O) groups excluding carboxylic acids is 1. The fraction of sp³-hybridized carbons (Fsp3) is 0.500. The topological polar surface area (TPSA) is 144 Å². The van der Waals surface area contributed by atoms with Gasteiger partial charge in [0, 0.05) is 30.6 Å². The lowest BCUT2D eigenvalue weighted by Crippen LogP contribution is -2.60. The van der Waals surface area contributed by atoms with E-state index in [4.69, 9.17) is 9.47 Å². The summed E-state index contributed by atoms with van der Waals surface area (Å²) in [6, 6.07) is 5.24. The fourth-order valence-electron chi connectivity index (χ4n) is 3.11. The number of aromatic nitrogens is 1. The van der Waals surface area contributed by atoms with Crippen molar-refractivity contribution in [3.8, 4) is 5.75 Å². The number of nitrogens with one attached hydrogen (secondary N) is 2. The number of H-pyrrole nitrogens is 1. The number of carbonyl (C=O) groups is 1. The molecule has 6 N–H and O–H groups in total. The third kappa shape index (κ3) is 4.23. The van der Waals surface area contributed by atoms with Gasteiger partial charge >= 0.3 is 0 Å². The molecule has 1 aliphatic heterocycles. The van der Waals surface area contributed by atoms with Crippen LogP contribution in [0.5, 0.6) is 5.75 Å². The molecule has 0 radical (unpaired) electrons.